The SMILES string of the molecule is O=C(N[C@@H](CCn1cncn1)c1ccccc1)N1CCC(c2ncon2)CC1. The van der Waals surface area contributed by atoms with Crippen LogP contribution in [0.1, 0.15) is 42.6 Å². The Balaban J connectivity index is 1.36. The molecule has 0 radical (unpaired) electrons. The van der Waals surface area contributed by atoms with Crippen LogP contribution in [-0.2, 0) is 6.54 Å². The van der Waals surface area contributed by atoms with E-state index in [2.05, 4.69) is 25.5 Å². The van der Waals surface area contributed by atoms with E-state index in [1.165, 1.54) is 12.7 Å². The second-order valence-electron chi connectivity index (χ2n) is 6.91. The first-order chi connectivity index (χ1) is 13.8. The van der Waals surface area contributed by atoms with E-state index in [-0.39, 0.29) is 18.0 Å². The summed E-state index contributed by atoms with van der Waals surface area (Å²) in [5.74, 6) is 0.982. The fraction of sp³-hybridized carbons (Fsp3) is 0.421. The smallest absolute Gasteiger partial charge is 0.317 e. The molecule has 1 aliphatic rings. The van der Waals surface area contributed by atoms with Crippen molar-refractivity contribution in [1.82, 2.24) is 35.1 Å². The number of aromatic nitrogens is 5. The second kappa shape index (κ2) is 8.64. The zero-order chi connectivity index (χ0) is 19.2. The first-order valence-electron chi connectivity index (χ1n) is 9.48. The Morgan fingerprint density at radius 3 is 2.75 bits per heavy atom. The van der Waals surface area contributed by atoms with Gasteiger partial charge in [0.1, 0.15) is 12.7 Å². The van der Waals surface area contributed by atoms with Crippen LogP contribution in [0.3, 0.4) is 0 Å². The van der Waals surface area contributed by atoms with Gasteiger partial charge in [0.15, 0.2) is 5.82 Å². The molecule has 1 fully saturated rings. The Bertz CT molecular complexity index is 844. The number of nitrogens with zero attached hydrogens (tertiary/aromatic N) is 6. The number of carbonyl (C=O) groups excluding carboxylic acids is 1. The lowest BCUT2D eigenvalue weighted by molar-refractivity contribution is 0.175. The third-order valence-electron chi connectivity index (χ3n) is 5.14. The number of piperidine rings is 1. The summed E-state index contributed by atoms with van der Waals surface area (Å²) in [4.78, 5) is 22.8. The quantitative estimate of drug-likeness (QED) is 0.703. The van der Waals surface area contributed by atoms with Gasteiger partial charge in [0.05, 0.1) is 6.04 Å². The minimum Gasteiger partial charge on any atom is -0.343 e. The number of nitrogens with one attached hydrogen (secondary N) is 1. The highest BCUT2D eigenvalue weighted by atomic mass is 16.5. The Labute approximate surface area is 162 Å². The monoisotopic (exact) mass is 381 g/mol. The molecule has 3 aromatic rings. The number of rotatable bonds is 6. The number of benzene rings is 1. The van der Waals surface area contributed by atoms with Crippen molar-refractivity contribution >= 4 is 6.03 Å². The molecule has 9 heteroatoms. The molecule has 4 rings (SSSR count). The highest BCUT2D eigenvalue weighted by Gasteiger charge is 2.27. The Kier molecular flexibility index (Phi) is 5.60. The first kappa shape index (κ1) is 18.1. The summed E-state index contributed by atoms with van der Waals surface area (Å²) >= 11 is 0. The molecule has 1 saturated heterocycles. The van der Waals surface area contributed by atoms with Gasteiger partial charge in [-0.25, -0.2) is 9.78 Å². The number of hydrogen-bond donors (Lipinski definition) is 1. The Morgan fingerprint density at radius 1 is 1.25 bits per heavy atom. The first-order valence-corrected chi connectivity index (χ1v) is 9.48. The molecule has 1 atom stereocenters. The van der Waals surface area contributed by atoms with Gasteiger partial charge in [0.25, 0.3) is 0 Å². The number of likely N-dealkylation sites (tertiary alicyclic amines) is 1. The van der Waals surface area contributed by atoms with Crippen LogP contribution >= 0.6 is 0 Å². The Morgan fingerprint density at radius 2 is 2.07 bits per heavy atom. The van der Waals surface area contributed by atoms with Crippen molar-refractivity contribution in [3.8, 4) is 0 Å². The third-order valence-corrected chi connectivity index (χ3v) is 5.14. The lowest BCUT2D eigenvalue weighted by Crippen LogP contribution is -2.45. The molecule has 0 aliphatic carbocycles. The highest BCUT2D eigenvalue weighted by Crippen LogP contribution is 2.26. The van der Waals surface area contributed by atoms with Gasteiger partial charge in [-0.1, -0.05) is 35.5 Å². The van der Waals surface area contributed by atoms with Gasteiger partial charge in [0.2, 0.25) is 6.39 Å². The average molecular weight is 381 g/mol. The van der Waals surface area contributed by atoms with Crippen LogP contribution in [0.4, 0.5) is 4.79 Å². The van der Waals surface area contributed by atoms with E-state index in [0.717, 1.165) is 30.7 Å². The van der Waals surface area contributed by atoms with Crippen molar-refractivity contribution < 1.29 is 9.32 Å². The number of aryl methyl sites for hydroxylation is 1. The van der Waals surface area contributed by atoms with Crippen molar-refractivity contribution in [1.29, 1.82) is 0 Å². The molecule has 1 aromatic carbocycles. The fourth-order valence-corrected chi connectivity index (χ4v) is 3.56. The van der Waals surface area contributed by atoms with Crippen LogP contribution in [0, 0.1) is 0 Å². The van der Waals surface area contributed by atoms with Gasteiger partial charge in [-0.15, -0.1) is 0 Å². The number of urea groups is 1. The highest BCUT2D eigenvalue weighted by molar-refractivity contribution is 5.74. The van der Waals surface area contributed by atoms with Crippen LogP contribution in [0.15, 0.2) is 53.9 Å². The number of amides is 2. The van der Waals surface area contributed by atoms with E-state index < -0.39 is 0 Å². The lowest BCUT2D eigenvalue weighted by atomic mass is 9.96. The summed E-state index contributed by atoms with van der Waals surface area (Å²) in [5, 5.41) is 11.3. The average Bonchev–Trinajstić information content (AvgIpc) is 3.46. The fourth-order valence-electron chi connectivity index (χ4n) is 3.56. The summed E-state index contributed by atoms with van der Waals surface area (Å²) in [5.41, 5.74) is 1.08. The minimum absolute atomic E-state index is 0.0426. The summed E-state index contributed by atoms with van der Waals surface area (Å²) in [7, 11) is 0. The van der Waals surface area contributed by atoms with Crippen molar-refractivity contribution in [2.75, 3.05) is 13.1 Å². The molecule has 1 N–H and O–H groups in total. The topological polar surface area (TPSA) is 102 Å². The number of hydrogen-bond acceptors (Lipinski definition) is 6. The summed E-state index contributed by atoms with van der Waals surface area (Å²) in [6, 6.07) is 9.89. The second-order valence-corrected chi connectivity index (χ2v) is 6.91. The molecule has 28 heavy (non-hydrogen) atoms. The number of carbonyl (C=O) groups is 1. The zero-order valence-corrected chi connectivity index (χ0v) is 15.5. The molecule has 1 aliphatic heterocycles. The van der Waals surface area contributed by atoms with Crippen LogP contribution in [0.5, 0.6) is 0 Å². The maximum atomic E-state index is 12.9. The van der Waals surface area contributed by atoms with E-state index >= 15 is 0 Å². The van der Waals surface area contributed by atoms with Gasteiger partial charge in [-0.3, -0.25) is 4.68 Å². The molecular weight excluding hydrogens is 358 g/mol. The molecule has 2 amide bonds. The summed E-state index contributed by atoms with van der Waals surface area (Å²) in [6.07, 6.45) is 6.97. The van der Waals surface area contributed by atoms with Gasteiger partial charge in [0, 0.05) is 25.6 Å². The van der Waals surface area contributed by atoms with Crippen LogP contribution in [-0.4, -0.2) is 48.9 Å². The van der Waals surface area contributed by atoms with Crippen molar-refractivity contribution in [2.45, 2.75) is 37.8 Å². The molecule has 9 nitrogen and oxygen atoms in total. The predicted octanol–water partition coefficient (Wildman–Crippen LogP) is 2.38. The molecule has 3 heterocycles. The maximum Gasteiger partial charge on any atom is 0.317 e. The van der Waals surface area contributed by atoms with E-state index in [0.29, 0.717) is 19.6 Å². The van der Waals surface area contributed by atoms with Gasteiger partial charge in [-0.2, -0.15) is 10.1 Å². The lowest BCUT2D eigenvalue weighted by Gasteiger charge is -2.32. The molecule has 0 spiro atoms. The summed E-state index contributed by atoms with van der Waals surface area (Å²) < 4.78 is 6.61. The molecular formula is C19H23N7O2. The molecule has 2 aromatic heterocycles. The van der Waals surface area contributed by atoms with E-state index in [1.807, 2.05) is 35.2 Å². The van der Waals surface area contributed by atoms with Gasteiger partial charge < -0.3 is 14.7 Å². The van der Waals surface area contributed by atoms with Crippen LogP contribution in [0.2, 0.25) is 0 Å². The maximum absolute atomic E-state index is 12.9. The molecule has 0 unspecified atom stereocenters. The molecule has 0 saturated carbocycles. The van der Waals surface area contributed by atoms with E-state index in [9.17, 15) is 4.79 Å². The normalized spacial score (nSPS) is 16.1. The van der Waals surface area contributed by atoms with E-state index in [1.54, 1.807) is 11.0 Å². The van der Waals surface area contributed by atoms with Gasteiger partial charge >= 0.3 is 6.03 Å². The predicted molar refractivity (Wildman–Crippen MR) is 100 cm³/mol. The molecule has 146 valence electrons. The van der Waals surface area contributed by atoms with Crippen molar-refractivity contribution in [3.63, 3.8) is 0 Å². The molecule has 0 bridgehead atoms. The van der Waals surface area contributed by atoms with E-state index in [4.69, 9.17) is 4.52 Å². The van der Waals surface area contributed by atoms with Gasteiger partial charge in [-0.05, 0) is 24.8 Å². The summed E-state index contributed by atoms with van der Waals surface area (Å²) in [6.45, 7) is 2.03. The zero-order valence-electron chi connectivity index (χ0n) is 15.5. The van der Waals surface area contributed by atoms with Crippen molar-refractivity contribution in [2.24, 2.45) is 0 Å². The van der Waals surface area contributed by atoms with Crippen LogP contribution < -0.4 is 5.32 Å². The minimum atomic E-state index is -0.0900. The largest absolute Gasteiger partial charge is 0.343 e. The third kappa shape index (κ3) is 4.36. The van der Waals surface area contributed by atoms with Crippen LogP contribution in [0.25, 0.3) is 0 Å². The van der Waals surface area contributed by atoms with Crippen molar-refractivity contribution in [3.05, 3.63) is 60.8 Å². The standard InChI is InChI=1S/C19H23N7O2/c27-19(25-9-6-16(7-10-25)18-21-14-28-24-18)23-17(15-4-2-1-3-5-15)8-11-26-13-20-12-22-26/h1-5,12-14,16-17H,6-11H2,(H,23,27)/t17-/m0/s1. The Hall–Kier alpha value is -3.23.